The van der Waals surface area contributed by atoms with E-state index >= 15 is 0 Å². The van der Waals surface area contributed by atoms with E-state index in [4.69, 9.17) is 0 Å². The predicted octanol–water partition coefficient (Wildman–Crippen LogP) is -0.177. The number of aromatic nitrogens is 4. The minimum absolute atomic E-state index is 0.0849. The first-order chi connectivity index (χ1) is 8.94. The molecule has 0 aliphatic heterocycles. The van der Waals surface area contributed by atoms with Crippen molar-refractivity contribution in [1.29, 1.82) is 0 Å². The molecule has 0 fully saturated rings. The number of hydrogen-bond donors (Lipinski definition) is 3. The van der Waals surface area contributed by atoms with Crippen molar-refractivity contribution < 1.29 is 13.2 Å². The average molecular weight is 282 g/mol. The molecule has 0 bridgehead atoms. The number of nitrogens with zero attached hydrogens (tertiary/aromatic N) is 3. The molecule has 3 N–H and O–H groups in total. The lowest BCUT2D eigenvalue weighted by atomic mass is 10.3. The average Bonchev–Trinajstić information content (AvgIpc) is 2.83. The van der Waals surface area contributed by atoms with E-state index in [0.717, 1.165) is 6.26 Å². The van der Waals surface area contributed by atoms with Gasteiger partial charge in [0.05, 0.1) is 6.26 Å². The number of amides is 1. The van der Waals surface area contributed by atoms with E-state index in [9.17, 15) is 13.2 Å². The van der Waals surface area contributed by atoms with Gasteiger partial charge in [-0.15, -0.1) is 10.2 Å². The summed E-state index contributed by atoms with van der Waals surface area (Å²) in [4.78, 5) is 11.6. The van der Waals surface area contributed by atoms with Crippen LogP contribution in [0.2, 0.25) is 0 Å². The van der Waals surface area contributed by atoms with Gasteiger partial charge in [0.15, 0.2) is 0 Å². The van der Waals surface area contributed by atoms with Crippen molar-refractivity contribution in [3.8, 4) is 0 Å². The van der Waals surface area contributed by atoms with E-state index in [1.54, 1.807) is 12.1 Å². The van der Waals surface area contributed by atoms with Gasteiger partial charge in [0.25, 0.3) is 11.7 Å². The molecule has 10 heteroatoms. The van der Waals surface area contributed by atoms with Crippen molar-refractivity contribution in [3.05, 3.63) is 30.1 Å². The second kappa shape index (κ2) is 5.02. The van der Waals surface area contributed by atoms with Gasteiger partial charge in [-0.2, -0.15) is 5.21 Å². The Balaban J connectivity index is 2.05. The number of hydrogen-bond acceptors (Lipinski definition) is 6. The first-order valence-corrected chi connectivity index (χ1v) is 6.96. The summed E-state index contributed by atoms with van der Waals surface area (Å²) in [6.07, 6.45) is 1.05. The molecule has 1 aromatic carbocycles. The SMILES string of the molecule is CS(=O)(=O)Nc1ccc(NC(=O)c2nn[nH]n2)cc1. The maximum Gasteiger partial charge on any atom is 0.297 e. The van der Waals surface area contributed by atoms with Gasteiger partial charge in [-0.1, -0.05) is 0 Å². The van der Waals surface area contributed by atoms with Crippen molar-refractivity contribution in [1.82, 2.24) is 20.6 Å². The van der Waals surface area contributed by atoms with Gasteiger partial charge in [0.2, 0.25) is 10.0 Å². The number of H-pyrrole nitrogens is 1. The van der Waals surface area contributed by atoms with Gasteiger partial charge in [-0.05, 0) is 29.5 Å². The number of tetrazole rings is 1. The van der Waals surface area contributed by atoms with Gasteiger partial charge in [-0.3, -0.25) is 9.52 Å². The summed E-state index contributed by atoms with van der Waals surface area (Å²) >= 11 is 0. The molecule has 1 aromatic heterocycles. The van der Waals surface area contributed by atoms with Crippen molar-refractivity contribution in [2.24, 2.45) is 0 Å². The van der Waals surface area contributed by atoms with Crippen molar-refractivity contribution in [3.63, 3.8) is 0 Å². The molecule has 0 spiro atoms. The second-order valence-electron chi connectivity index (χ2n) is 3.64. The van der Waals surface area contributed by atoms with Crippen molar-refractivity contribution >= 4 is 27.3 Å². The topological polar surface area (TPSA) is 130 Å². The van der Waals surface area contributed by atoms with Gasteiger partial charge in [0, 0.05) is 11.4 Å². The highest BCUT2D eigenvalue weighted by Gasteiger charge is 2.10. The summed E-state index contributed by atoms with van der Waals surface area (Å²) in [6.45, 7) is 0. The fourth-order valence-corrected chi connectivity index (χ4v) is 1.84. The summed E-state index contributed by atoms with van der Waals surface area (Å²) in [5, 5.41) is 15.0. The Morgan fingerprint density at radius 3 is 2.37 bits per heavy atom. The van der Waals surface area contributed by atoms with E-state index in [0.29, 0.717) is 11.4 Å². The first kappa shape index (κ1) is 13.0. The molecule has 19 heavy (non-hydrogen) atoms. The van der Waals surface area contributed by atoms with Gasteiger partial charge < -0.3 is 5.32 Å². The molecule has 0 aliphatic rings. The van der Waals surface area contributed by atoms with Gasteiger partial charge in [0.1, 0.15) is 0 Å². The molecule has 9 nitrogen and oxygen atoms in total. The summed E-state index contributed by atoms with van der Waals surface area (Å²) < 4.78 is 24.3. The lowest BCUT2D eigenvalue weighted by Crippen LogP contribution is -2.14. The van der Waals surface area contributed by atoms with E-state index in [-0.39, 0.29) is 5.82 Å². The molecule has 0 saturated carbocycles. The van der Waals surface area contributed by atoms with Crippen LogP contribution in [0.4, 0.5) is 11.4 Å². The molecule has 0 unspecified atom stereocenters. The lowest BCUT2D eigenvalue weighted by Gasteiger charge is -2.05. The molecule has 1 amide bonds. The van der Waals surface area contributed by atoms with E-state index in [2.05, 4.69) is 30.7 Å². The normalized spacial score (nSPS) is 11.0. The van der Waals surface area contributed by atoms with Crippen LogP contribution >= 0.6 is 0 Å². The number of rotatable bonds is 4. The molecule has 0 atom stereocenters. The van der Waals surface area contributed by atoms with Crippen LogP contribution in [0.25, 0.3) is 0 Å². The van der Waals surface area contributed by atoms with E-state index < -0.39 is 15.9 Å². The molecule has 2 rings (SSSR count). The minimum atomic E-state index is -3.32. The monoisotopic (exact) mass is 282 g/mol. The zero-order chi connectivity index (χ0) is 13.9. The largest absolute Gasteiger partial charge is 0.319 e. The molecular formula is C9H10N6O3S. The van der Waals surface area contributed by atoms with Crippen LogP contribution in [0.1, 0.15) is 10.6 Å². The molecule has 0 saturated heterocycles. The molecular weight excluding hydrogens is 272 g/mol. The zero-order valence-electron chi connectivity index (χ0n) is 9.78. The highest BCUT2D eigenvalue weighted by atomic mass is 32.2. The summed E-state index contributed by atoms with van der Waals surface area (Å²) in [6, 6.07) is 6.14. The van der Waals surface area contributed by atoms with Crippen molar-refractivity contribution in [2.45, 2.75) is 0 Å². The summed E-state index contributed by atoms with van der Waals surface area (Å²) in [7, 11) is -3.32. The fraction of sp³-hybridized carbons (Fsp3) is 0.111. The van der Waals surface area contributed by atoms with Crippen LogP contribution in [0, 0.1) is 0 Å². The van der Waals surface area contributed by atoms with E-state index in [1.807, 2.05) is 0 Å². The smallest absolute Gasteiger partial charge is 0.297 e. The van der Waals surface area contributed by atoms with Gasteiger partial charge in [-0.25, -0.2) is 8.42 Å². The maximum atomic E-state index is 11.6. The molecule has 2 aromatic rings. The van der Waals surface area contributed by atoms with Crippen LogP contribution in [0.5, 0.6) is 0 Å². The number of nitrogens with one attached hydrogen (secondary N) is 3. The quantitative estimate of drug-likeness (QED) is 0.713. The van der Waals surface area contributed by atoms with Crippen LogP contribution in [0.15, 0.2) is 24.3 Å². The molecule has 0 aliphatic carbocycles. The standard InChI is InChI=1S/C9H10N6O3S/c1-19(17,18)13-7-4-2-6(3-5-7)10-9(16)8-11-14-15-12-8/h2-5,13H,1H3,(H,10,16)(H,11,12,14,15). The predicted molar refractivity (Wildman–Crippen MR) is 67.0 cm³/mol. The first-order valence-electron chi connectivity index (χ1n) is 5.07. The Kier molecular flexibility index (Phi) is 3.42. The highest BCUT2D eigenvalue weighted by Crippen LogP contribution is 2.14. The fourth-order valence-electron chi connectivity index (χ4n) is 1.28. The Labute approximate surface area is 108 Å². The Bertz CT molecular complexity index is 664. The summed E-state index contributed by atoms with van der Waals surface area (Å²) in [5.74, 6) is -0.601. The maximum absolute atomic E-state index is 11.6. The Hall–Kier alpha value is -2.49. The number of carbonyl (C=O) groups is 1. The third-order valence-corrected chi connectivity index (χ3v) is 2.60. The van der Waals surface area contributed by atoms with Crippen LogP contribution < -0.4 is 10.0 Å². The highest BCUT2D eigenvalue weighted by molar-refractivity contribution is 7.92. The molecule has 1 heterocycles. The number of benzene rings is 1. The van der Waals surface area contributed by atoms with Crippen LogP contribution in [-0.4, -0.2) is 41.2 Å². The van der Waals surface area contributed by atoms with E-state index in [1.165, 1.54) is 12.1 Å². The molecule has 0 radical (unpaired) electrons. The third-order valence-electron chi connectivity index (χ3n) is 1.99. The third kappa shape index (κ3) is 3.74. The number of aromatic amines is 1. The zero-order valence-corrected chi connectivity index (χ0v) is 10.6. The van der Waals surface area contributed by atoms with Crippen LogP contribution in [0.3, 0.4) is 0 Å². The van der Waals surface area contributed by atoms with Crippen molar-refractivity contribution in [2.75, 3.05) is 16.3 Å². The number of sulfonamides is 1. The minimum Gasteiger partial charge on any atom is -0.319 e. The Morgan fingerprint density at radius 2 is 1.84 bits per heavy atom. The second-order valence-corrected chi connectivity index (χ2v) is 5.39. The van der Waals surface area contributed by atoms with Gasteiger partial charge >= 0.3 is 0 Å². The number of anilines is 2. The molecule has 100 valence electrons. The number of carbonyl (C=O) groups excluding carboxylic acids is 1. The lowest BCUT2D eigenvalue weighted by molar-refractivity contribution is 0.101. The summed E-state index contributed by atoms with van der Waals surface area (Å²) in [5.41, 5.74) is 0.883. The Morgan fingerprint density at radius 1 is 1.21 bits per heavy atom. The van der Waals surface area contributed by atoms with Crippen LogP contribution in [-0.2, 0) is 10.0 Å².